The van der Waals surface area contributed by atoms with Crippen molar-refractivity contribution in [1.82, 2.24) is 10.9 Å². The summed E-state index contributed by atoms with van der Waals surface area (Å²) in [7, 11) is 0. The Balaban J connectivity index is 1.97. The highest BCUT2D eigenvalue weighted by molar-refractivity contribution is 5.93. The Bertz CT molecular complexity index is 547. The second kappa shape index (κ2) is 6.87. The molecule has 2 N–H and O–H groups in total. The lowest BCUT2D eigenvalue weighted by molar-refractivity contribution is 0.0927. The van der Waals surface area contributed by atoms with Crippen LogP contribution in [0.3, 0.4) is 0 Å². The first kappa shape index (κ1) is 14.3. The summed E-state index contributed by atoms with van der Waals surface area (Å²) in [5.74, 6) is -0.107. The van der Waals surface area contributed by atoms with Gasteiger partial charge in [0.05, 0.1) is 0 Å². The van der Waals surface area contributed by atoms with Gasteiger partial charge in [-0.2, -0.15) is 0 Å². The summed E-state index contributed by atoms with van der Waals surface area (Å²) in [6.45, 7) is 3.95. The predicted molar refractivity (Wildman–Crippen MR) is 81.4 cm³/mol. The van der Waals surface area contributed by atoms with Crippen molar-refractivity contribution >= 4 is 5.91 Å². The van der Waals surface area contributed by atoms with Crippen LogP contribution in [0.4, 0.5) is 0 Å². The highest BCUT2D eigenvalue weighted by Crippen LogP contribution is 2.10. The Hall–Kier alpha value is -2.13. The SMILES string of the molecule is CC(C)NNC(=O)c1ccc(Cc2ccccc2)cc1. The normalized spacial score (nSPS) is 10.6. The predicted octanol–water partition coefficient (Wildman–Crippen LogP) is 2.92. The molecule has 2 aromatic rings. The Labute approximate surface area is 120 Å². The molecule has 3 nitrogen and oxygen atoms in total. The van der Waals surface area contributed by atoms with E-state index in [-0.39, 0.29) is 11.9 Å². The minimum absolute atomic E-state index is 0.107. The van der Waals surface area contributed by atoms with Gasteiger partial charge in [-0.25, -0.2) is 5.43 Å². The van der Waals surface area contributed by atoms with Gasteiger partial charge in [0.25, 0.3) is 5.91 Å². The highest BCUT2D eigenvalue weighted by atomic mass is 16.2. The van der Waals surface area contributed by atoms with Crippen LogP contribution in [0, 0.1) is 0 Å². The van der Waals surface area contributed by atoms with Crippen LogP contribution in [-0.4, -0.2) is 11.9 Å². The number of hydrogen-bond donors (Lipinski definition) is 2. The summed E-state index contributed by atoms with van der Waals surface area (Å²) in [5.41, 5.74) is 8.71. The number of nitrogens with one attached hydrogen (secondary N) is 2. The van der Waals surface area contributed by atoms with Gasteiger partial charge >= 0.3 is 0 Å². The zero-order valence-corrected chi connectivity index (χ0v) is 11.9. The second-order valence-corrected chi connectivity index (χ2v) is 5.11. The van der Waals surface area contributed by atoms with Crippen molar-refractivity contribution in [2.75, 3.05) is 0 Å². The standard InChI is InChI=1S/C17H20N2O/c1-13(2)18-19-17(20)16-10-8-15(9-11-16)12-14-6-4-3-5-7-14/h3-11,13,18H,12H2,1-2H3,(H,19,20). The van der Waals surface area contributed by atoms with E-state index in [1.807, 2.05) is 56.3 Å². The van der Waals surface area contributed by atoms with Crippen molar-refractivity contribution in [2.24, 2.45) is 0 Å². The van der Waals surface area contributed by atoms with E-state index in [1.165, 1.54) is 11.1 Å². The van der Waals surface area contributed by atoms with Crippen molar-refractivity contribution in [3.05, 3.63) is 71.3 Å². The topological polar surface area (TPSA) is 41.1 Å². The molecule has 0 aliphatic rings. The van der Waals surface area contributed by atoms with Gasteiger partial charge in [0.1, 0.15) is 0 Å². The minimum atomic E-state index is -0.107. The number of rotatable bonds is 5. The van der Waals surface area contributed by atoms with Gasteiger partial charge in [-0.15, -0.1) is 0 Å². The lowest BCUT2D eigenvalue weighted by Gasteiger charge is -2.10. The third-order valence-corrected chi connectivity index (χ3v) is 2.94. The van der Waals surface area contributed by atoms with Gasteiger partial charge in [-0.05, 0) is 43.5 Å². The molecule has 2 aromatic carbocycles. The Morgan fingerprint density at radius 2 is 1.55 bits per heavy atom. The van der Waals surface area contributed by atoms with Crippen molar-refractivity contribution in [1.29, 1.82) is 0 Å². The summed E-state index contributed by atoms with van der Waals surface area (Å²) in [6.07, 6.45) is 0.882. The molecule has 0 spiro atoms. The van der Waals surface area contributed by atoms with E-state index in [1.54, 1.807) is 0 Å². The van der Waals surface area contributed by atoms with E-state index in [0.717, 1.165) is 6.42 Å². The van der Waals surface area contributed by atoms with E-state index in [9.17, 15) is 4.79 Å². The number of hydrogen-bond acceptors (Lipinski definition) is 2. The molecule has 0 saturated heterocycles. The molecule has 3 heteroatoms. The molecule has 0 fully saturated rings. The first-order valence-corrected chi connectivity index (χ1v) is 6.84. The van der Waals surface area contributed by atoms with Gasteiger partial charge < -0.3 is 0 Å². The Morgan fingerprint density at radius 3 is 2.15 bits per heavy atom. The molecule has 0 radical (unpaired) electrons. The zero-order chi connectivity index (χ0) is 14.4. The Morgan fingerprint density at radius 1 is 0.950 bits per heavy atom. The summed E-state index contributed by atoms with van der Waals surface area (Å²) in [5, 5.41) is 0. The van der Waals surface area contributed by atoms with Crippen molar-refractivity contribution in [2.45, 2.75) is 26.3 Å². The first-order chi connectivity index (χ1) is 9.65. The number of benzene rings is 2. The molecule has 0 aliphatic heterocycles. The largest absolute Gasteiger partial charge is 0.287 e. The summed E-state index contributed by atoms with van der Waals surface area (Å²) >= 11 is 0. The van der Waals surface area contributed by atoms with Crippen molar-refractivity contribution < 1.29 is 4.79 Å². The van der Waals surface area contributed by atoms with Gasteiger partial charge in [-0.1, -0.05) is 42.5 Å². The molecule has 0 atom stereocenters. The Kier molecular flexibility index (Phi) is 4.91. The smallest absolute Gasteiger partial charge is 0.265 e. The molecular formula is C17H20N2O. The fourth-order valence-electron chi connectivity index (χ4n) is 1.89. The van der Waals surface area contributed by atoms with Crippen LogP contribution in [0.5, 0.6) is 0 Å². The lowest BCUT2D eigenvalue weighted by atomic mass is 10.0. The van der Waals surface area contributed by atoms with Gasteiger partial charge in [0.15, 0.2) is 0 Å². The maximum atomic E-state index is 11.8. The second-order valence-electron chi connectivity index (χ2n) is 5.11. The van der Waals surface area contributed by atoms with Crippen LogP contribution in [0.15, 0.2) is 54.6 Å². The number of carbonyl (C=O) groups is 1. The zero-order valence-electron chi connectivity index (χ0n) is 11.9. The van der Waals surface area contributed by atoms with E-state index < -0.39 is 0 Å². The molecule has 20 heavy (non-hydrogen) atoms. The van der Waals surface area contributed by atoms with Crippen molar-refractivity contribution in [3.63, 3.8) is 0 Å². The number of carbonyl (C=O) groups excluding carboxylic acids is 1. The monoisotopic (exact) mass is 268 g/mol. The van der Waals surface area contributed by atoms with Crippen LogP contribution in [0.1, 0.15) is 35.3 Å². The molecule has 2 rings (SSSR count). The lowest BCUT2D eigenvalue weighted by Crippen LogP contribution is -2.41. The van der Waals surface area contributed by atoms with Crippen LogP contribution >= 0.6 is 0 Å². The van der Waals surface area contributed by atoms with E-state index in [4.69, 9.17) is 0 Å². The molecule has 0 saturated carbocycles. The van der Waals surface area contributed by atoms with Gasteiger partial charge in [0.2, 0.25) is 0 Å². The molecule has 104 valence electrons. The summed E-state index contributed by atoms with van der Waals surface area (Å²) in [4.78, 5) is 11.8. The summed E-state index contributed by atoms with van der Waals surface area (Å²) in [6, 6.07) is 18.2. The average molecular weight is 268 g/mol. The average Bonchev–Trinajstić information content (AvgIpc) is 2.46. The van der Waals surface area contributed by atoms with Crippen LogP contribution < -0.4 is 10.9 Å². The molecular weight excluding hydrogens is 248 g/mol. The first-order valence-electron chi connectivity index (χ1n) is 6.84. The van der Waals surface area contributed by atoms with Crippen molar-refractivity contribution in [3.8, 4) is 0 Å². The van der Waals surface area contributed by atoms with E-state index in [0.29, 0.717) is 5.56 Å². The number of amides is 1. The highest BCUT2D eigenvalue weighted by Gasteiger charge is 2.05. The third-order valence-electron chi connectivity index (χ3n) is 2.94. The molecule has 0 heterocycles. The molecule has 0 aliphatic carbocycles. The third kappa shape index (κ3) is 4.21. The number of hydrazine groups is 1. The van der Waals surface area contributed by atoms with Crippen LogP contribution in [0.25, 0.3) is 0 Å². The minimum Gasteiger partial charge on any atom is -0.287 e. The summed E-state index contributed by atoms with van der Waals surface area (Å²) < 4.78 is 0. The van der Waals surface area contributed by atoms with Gasteiger partial charge in [-0.3, -0.25) is 10.2 Å². The maximum absolute atomic E-state index is 11.8. The molecule has 0 bridgehead atoms. The van der Waals surface area contributed by atoms with E-state index in [2.05, 4.69) is 23.0 Å². The molecule has 0 unspecified atom stereocenters. The quantitative estimate of drug-likeness (QED) is 0.819. The molecule has 0 aromatic heterocycles. The van der Waals surface area contributed by atoms with Crippen LogP contribution in [-0.2, 0) is 6.42 Å². The van der Waals surface area contributed by atoms with Crippen LogP contribution in [0.2, 0.25) is 0 Å². The fourth-order valence-corrected chi connectivity index (χ4v) is 1.89. The molecule has 1 amide bonds. The van der Waals surface area contributed by atoms with E-state index >= 15 is 0 Å². The maximum Gasteiger partial charge on any atom is 0.265 e. The van der Waals surface area contributed by atoms with Gasteiger partial charge in [0, 0.05) is 11.6 Å². The fraction of sp³-hybridized carbons (Fsp3) is 0.235.